The van der Waals surface area contributed by atoms with Crippen LogP contribution >= 0.6 is 0 Å². The number of benzene rings is 1. The van der Waals surface area contributed by atoms with Crippen molar-refractivity contribution in [1.29, 1.82) is 0 Å². The van der Waals surface area contributed by atoms with Crippen molar-refractivity contribution < 1.29 is 9.50 Å². The molecule has 1 heterocycles. The second kappa shape index (κ2) is 3.69. The molecule has 0 unspecified atom stereocenters. The van der Waals surface area contributed by atoms with E-state index in [1.807, 2.05) is 0 Å². The van der Waals surface area contributed by atoms with Gasteiger partial charge in [-0.3, -0.25) is 4.98 Å². The summed E-state index contributed by atoms with van der Waals surface area (Å²) in [6, 6.07) is 7.61. The maximum atomic E-state index is 12.9. The summed E-state index contributed by atoms with van der Waals surface area (Å²) in [6.45, 7) is 1.78. The van der Waals surface area contributed by atoms with Gasteiger partial charge in [-0.2, -0.15) is 0 Å². The van der Waals surface area contributed by atoms with Gasteiger partial charge in [0.15, 0.2) is 0 Å². The van der Waals surface area contributed by atoms with Crippen molar-refractivity contribution >= 4 is 0 Å². The monoisotopic (exact) mass is 203 g/mol. The fraction of sp³-hybridized carbons (Fsp3) is 0.0833. The predicted octanol–water partition coefficient (Wildman–Crippen LogP) is 2.90. The Hall–Kier alpha value is -1.90. The molecule has 2 aromatic rings. The minimum absolute atomic E-state index is 0.104. The van der Waals surface area contributed by atoms with Gasteiger partial charge in [0.2, 0.25) is 0 Å². The molecular formula is C12H10FNO. The molecule has 15 heavy (non-hydrogen) atoms. The smallest absolute Gasteiger partial charge is 0.141 e. The van der Waals surface area contributed by atoms with Crippen LogP contribution in [0.4, 0.5) is 4.39 Å². The first-order valence-electron chi connectivity index (χ1n) is 4.59. The summed E-state index contributed by atoms with van der Waals surface area (Å²) in [6.07, 6.45) is 1.60. The molecule has 0 saturated heterocycles. The molecule has 0 atom stereocenters. The molecule has 1 N–H and O–H groups in total. The summed E-state index contributed by atoms with van der Waals surface area (Å²) in [5.74, 6) is -0.182. The Kier molecular flexibility index (Phi) is 2.37. The van der Waals surface area contributed by atoms with Crippen LogP contribution in [-0.2, 0) is 0 Å². The highest BCUT2D eigenvalue weighted by Crippen LogP contribution is 2.28. The summed E-state index contributed by atoms with van der Waals surface area (Å²) < 4.78 is 12.9. The van der Waals surface area contributed by atoms with E-state index < -0.39 is 0 Å². The highest BCUT2D eigenvalue weighted by Gasteiger charge is 2.08. The van der Waals surface area contributed by atoms with Crippen LogP contribution in [0, 0.1) is 12.7 Å². The molecule has 1 aromatic carbocycles. The molecule has 0 aliphatic heterocycles. The fourth-order valence-corrected chi connectivity index (χ4v) is 1.50. The van der Waals surface area contributed by atoms with Gasteiger partial charge >= 0.3 is 0 Å². The Labute approximate surface area is 87.0 Å². The molecule has 0 saturated carbocycles. The van der Waals surface area contributed by atoms with Crippen molar-refractivity contribution in [3.63, 3.8) is 0 Å². The minimum Gasteiger partial charge on any atom is -0.506 e. The van der Waals surface area contributed by atoms with Crippen LogP contribution in [0.5, 0.6) is 5.75 Å². The van der Waals surface area contributed by atoms with Crippen molar-refractivity contribution in [2.24, 2.45) is 0 Å². The van der Waals surface area contributed by atoms with Gasteiger partial charge in [-0.05, 0) is 42.8 Å². The third kappa shape index (κ3) is 1.81. The van der Waals surface area contributed by atoms with Crippen LogP contribution in [0.1, 0.15) is 5.56 Å². The van der Waals surface area contributed by atoms with E-state index in [1.165, 1.54) is 12.1 Å². The summed E-state index contributed by atoms with van der Waals surface area (Å²) in [7, 11) is 0. The summed E-state index contributed by atoms with van der Waals surface area (Å²) in [4.78, 5) is 4.07. The Balaban J connectivity index is 2.60. The Morgan fingerprint density at radius 2 is 2.07 bits per heavy atom. The van der Waals surface area contributed by atoms with Crippen LogP contribution < -0.4 is 0 Å². The molecule has 0 fully saturated rings. The summed E-state index contributed by atoms with van der Waals surface area (Å²) >= 11 is 0. The van der Waals surface area contributed by atoms with Gasteiger partial charge in [0.1, 0.15) is 17.3 Å². The minimum atomic E-state index is -0.285. The number of halogens is 1. The second-order valence-corrected chi connectivity index (χ2v) is 3.33. The molecule has 0 bridgehead atoms. The van der Waals surface area contributed by atoms with Gasteiger partial charge in [-0.15, -0.1) is 0 Å². The van der Waals surface area contributed by atoms with E-state index in [2.05, 4.69) is 4.98 Å². The van der Waals surface area contributed by atoms with Crippen LogP contribution in [0.3, 0.4) is 0 Å². The summed E-state index contributed by atoms with van der Waals surface area (Å²) in [5, 5.41) is 9.60. The number of pyridine rings is 1. The van der Waals surface area contributed by atoms with E-state index in [0.717, 1.165) is 11.1 Å². The average molecular weight is 203 g/mol. The SMILES string of the molecule is Cc1cc(F)ccc1-c1ncccc1O. The zero-order valence-electron chi connectivity index (χ0n) is 8.24. The first kappa shape index (κ1) is 9.65. The topological polar surface area (TPSA) is 33.1 Å². The van der Waals surface area contributed by atoms with E-state index >= 15 is 0 Å². The van der Waals surface area contributed by atoms with Gasteiger partial charge in [0, 0.05) is 11.8 Å². The molecule has 2 rings (SSSR count). The Morgan fingerprint density at radius 3 is 2.73 bits per heavy atom. The van der Waals surface area contributed by atoms with Crippen LogP contribution in [0.15, 0.2) is 36.5 Å². The Bertz CT molecular complexity index is 497. The largest absolute Gasteiger partial charge is 0.506 e. The van der Waals surface area contributed by atoms with Crippen LogP contribution in [0.25, 0.3) is 11.3 Å². The highest BCUT2D eigenvalue weighted by molar-refractivity contribution is 5.68. The molecule has 0 spiro atoms. The lowest BCUT2D eigenvalue weighted by Crippen LogP contribution is -1.88. The molecule has 0 amide bonds. The van der Waals surface area contributed by atoms with Gasteiger partial charge in [0.25, 0.3) is 0 Å². The first-order valence-corrected chi connectivity index (χ1v) is 4.59. The lowest BCUT2D eigenvalue weighted by atomic mass is 10.0. The number of aryl methyl sites for hydroxylation is 1. The zero-order valence-corrected chi connectivity index (χ0v) is 8.24. The lowest BCUT2D eigenvalue weighted by Gasteiger charge is -2.06. The van der Waals surface area contributed by atoms with Crippen LogP contribution in [0.2, 0.25) is 0 Å². The van der Waals surface area contributed by atoms with E-state index in [0.29, 0.717) is 5.69 Å². The standard InChI is InChI=1S/C12H10FNO/c1-8-7-9(13)4-5-10(8)12-11(15)3-2-6-14-12/h2-7,15H,1H3. The zero-order chi connectivity index (χ0) is 10.8. The molecule has 1 aromatic heterocycles. The van der Waals surface area contributed by atoms with Crippen molar-refractivity contribution in [1.82, 2.24) is 4.98 Å². The number of hydrogen-bond donors (Lipinski definition) is 1. The molecule has 3 heteroatoms. The van der Waals surface area contributed by atoms with Crippen molar-refractivity contribution in [3.8, 4) is 17.0 Å². The van der Waals surface area contributed by atoms with E-state index in [9.17, 15) is 9.50 Å². The van der Waals surface area contributed by atoms with Gasteiger partial charge < -0.3 is 5.11 Å². The molecular weight excluding hydrogens is 193 g/mol. The van der Waals surface area contributed by atoms with Crippen molar-refractivity contribution in [3.05, 3.63) is 47.9 Å². The molecule has 0 aliphatic carbocycles. The third-order valence-corrected chi connectivity index (χ3v) is 2.23. The van der Waals surface area contributed by atoms with Gasteiger partial charge in [0.05, 0.1) is 0 Å². The van der Waals surface area contributed by atoms with E-state index in [4.69, 9.17) is 0 Å². The highest BCUT2D eigenvalue weighted by atomic mass is 19.1. The number of rotatable bonds is 1. The lowest BCUT2D eigenvalue weighted by molar-refractivity contribution is 0.475. The molecule has 2 nitrogen and oxygen atoms in total. The van der Waals surface area contributed by atoms with Crippen molar-refractivity contribution in [2.45, 2.75) is 6.92 Å². The molecule has 0 radical (unpaired) electrons. The number of hydrogen-bond acceptors (Lipinski definition) is 2. The van der Waals surface area contributed by atoms with Gasteiger partial charge in [-0.25, -0.2) is 4.39 Å². The Morgan fingerprint density at radius 1 is 1.27 bits per heavy atom. The second-order valence-electron chi connectivity index (χ2n) is 3.33. The van der Waals surface area contributed by atoms with Crippen molar-refractivity contribution in [2.75, 3.05) is 0 Å². The van der Waals surface area contributed by atoms with Gasteiger partial charge in [-0.1, -0.05) is 0 Å². The first-order chi connectivity index (χ1) is 7.18. The molecule has 0 aliphatic rings. The maximum Gasteiger partial charge on any atom is 0.141 e. The number of nitrogens with zero attached hydrogens (tertiary/aromatic N) is 1. The number of aromatic hydroxyl groups is 1. The van der Waals surface area contributed by atoms with Crippen LogP contribution in [-0.4, -0.2) is 10.1 Å². The maximum absolute atomic E-state index is 12.9. The van der Waals surface area contributed by atoms with E-state index in [1.54, 1.807) is 31.3 Å². The quantitative estimate of drug-likeness (QED) is 0.773. The number of aromatic nitrogens is 1. The third-order valence-electron chi connectivity index (χ3n) is 2.23. The summed E-state index contributed by atoms with van der Waals surface area (Å²) in [5.41, 5.74) is 1.98. The van der Waals surface area contributed by atoms with E-state index in [-0.39, 0.29) is 11.6 Å². The average Bonchev–Trinajstić information content (AvgIpc) is 2.20. The fourth-order valence-electron chi connectivity index (χ4n) is 1.50. The normalized spacial score (nSPS) is 10.3. The molecule has 76 valence electrons. The predicted molar refractivity (Wildman–Crippen MR) is 56.0 cm³/mol.